The molecule has 2 aromatic rings. The first-order valence-corrected chi connectivity index (χ1v) is 7.23. The molecule has 0 heterocycles. The molecule has 2 rings (SSSR count). The van der Waals surface area contributed by atoms with Crippen molar-refractivity contribution in [3.8, 4) is 0 Å². The minimum absolute atomic E-state index is 0.126. The second kappa shape index (κ2) is 6.85. The summed E-state index contributed by atoms with van der Waals surface area (Å²) < 4.78 is 5.72. The van der Waals surface area contributed by atoms with E-state index >= 15 is 0 Å². The van der Waals surface area contributed by atoms with E-state index in [1.807, 2.05) is 30.3 Å². The van der Waals surface area contributed by atoms with Gasteiger partial charge in [-0.05, 0) is 23.6 Å². The van der Waals surface area contributed by atoms with Gasteiger partial charge in [-0.15, -0.1) is 0 Å². The number of ether oxygens (including phenoxy) is 1. The Morgan fingerprint density at radius 1 is 1.00 bits per heavy atom. The topological polar surface area (TPSA) is 32.3 Å². The van der Waals surface area contributed by atoms with Gasteiger partial charge in [0.1, 0.15) is 12.6 Å². The third-order valence-electron chi connectivity index (χ3n) is 3.49. The molecule has 0 radical (unpaired) electrons. The van der Waals surface area contributed by atoms with Crippen LogP contribution in [0, 0.1) is 12.1 Å². The largest absolute Gasteiger partial charge is 0.633 e. The van der Waals surface area contributed by atoms with Crippen LogP contribution in [0.2, 0.25) is 0 Å². The van der Waals surface area contributed by atoms with Gasteiger partial charge in [-0.1, -0.05) is 54.6 Å². The van der Waals surface area contributed by atoms with Crippen LogP contribution in [0.4, 0.5) is 0 Å². The maximum atomic E-state index is 11.7. The Labute approximate surface area is 127 Å². The van der Waals surface area contributed by atoms with Gasteiger partial charge in [0.2, 0.25) is 0 Å². The first kappa shape index (κ1) is 15.7. The minimum Gasteiger partial charge on any atom is -0.633 e. The molecular weight excluding hydrogens is 262 g/mol. The van der Waals surface area contributed by atoms with Gasteiger partial charge in [0, 0.05) is 0 Å². The molecule has 0 aliphatic heterocycles. The van der Waals surface area contributed by atoms with Crippen molar-refractivity contribution < 1.29 is 9.38 Å². The SMILES string of the molecule is Cc1ccccc1[C@H](OCC[N+](C)(C)[O-])c1ccccc1. The van der Waals surface area contributed by atoms with Gasteiger partial charge < -0.3 is 14.6 Å². The maximum absolute atomic E-state index is 11.7. The molecule has 0 spiro atoms. The molecule has 0 amide bonds. The molecule has 3 nitrogen and oxygen atoms in total. The van der Waals surface area contributed by atoms with E-state index in [9.17, 15) is 5.21 Å². The lowest BCUT2D eigenvalue weighted by Crippen LogP contribution is -2.36. The molecule has 0 saturated heterocycles. The molecule has 0 saturated carbocycles. The van der Waals surface area contributed by atoms with Crippen molar-refractivity contribution >= 4 is 0 Å². The second-order valence-electron chi connectivity index (χ2n) is 5.82. The average molecular weight is 285 g/mol. The van der Waals surface area contributed by atoms with E-state index < -0.39 is 0 Å². The zero-order valence-corrected chi connectivity index (χ0v) is 13.0. The summed E-state index contributed by atoms with van der Waals surface area (Å²) in [6, 6.07) is 18.4. The van der Waals surface area contributed by atoms with Crippen LogP contribution < -0.4 is 0 Å². The highest BCUT2D eigenvalue weighted by atomic mass is 16.5. The van der Waals surface area contributed by atoms with E-state index in [0.29, 0.717) is 13.2 Å². The number of nitrogens with zero attached hydrogens (tertiary/aromatic N) is 1. The highest BCUT2D eigenvalue weighted by Gasteiger charge is 2.17. The fraction of sp³-hybridized carbons (Fsp3) is 0.333. The van der Waals surface area contributed by atoms with Crippen molar-refractivity contribution in [2.24, 2.45) is 0 Å². The number of hydrogen-bond acceptors (Lipinski definition) is 2. The minimum atomic E-state index is -0.338. The molecule has 3 heteroatoms. The molecule has 0 aliphatic rings. The Balaban J connectivity index is 2.22. The van der Waals surface area contributed by atoms with Gasteiger partial charge in [0.15, 0.2) is 0 Å². The number of hydrogen-bond donors (Lipinski definition) is 0. The second-order valence-corrected chi connectivity index (χ2v) is 5.82. The van der Waals surface area contributed by atoms with Gasteiger partial charge in [0.25, 0.3) is 0 Å². The van der Waals surface area contributed by atoms with E-state index in [0.717, 1.165) is 11.1 Å². The quantitative estimate of drug-likeness (QED) is 0.599. The van der Waals surface area contributed by atoms with Crippen LogP contribution in [0.3, 0.4) is 0 Å². The maximum Gasteiger partial charge on any atom is 0.108 e. The lowest BCUT2D eigenvalue weighted by atomic mass is 9.97. The van der Waals surface area contributed by atoms with E-state index in [-0.39, 0.29) is 10.8 Å². The summed E-state index contributed by atoms with van der Waals surface area (Å²) in [5.41, 5.74) is 3.46. The summed E-state index contributed by atoms with van der Waals surface area (Å²) in [7, 11) is 3.27. The molecule has 1 atom stereocenters. The third-order valence-corrected chi connectivity index (χ3v) is 3.49. The standard InChI is InChI=1S/C18H23NO2/c1-15-9-7-8-12-17(15)18(16-10-5-4-6-11-16)21-14-13-19(2,3)20/h4-12,18H,13-14H2,1-3H3/t18-/m1/s1. The van der Waals surface area contributed by atoms with Crippen LogP contribution in [-0.2, 0) is 4.74 Å². The molecule has 0 bridgehead atoms. The molecule has 0 unspecified atom stereocenters. The van der Waals surface area contributed by atoms with Crippen molar-refractivity contribution in [3.05, 3.63) is 76.5 Å². The summed E-state index contributed by atoms with van der Waals surface area (Å²) in [5.74, 6) is 0. The van der Waals surface area contributed by atoms with Crippen molar-refractivity contribution in [1.82, 2.24) is 0 Å². The number of rotatable bonds is 6. The van der Waals surface area contributed by atoms with Crippen LogP contribution in [-0.4, -0.2) is 31.9 Å². The molecule has 0 aromatic heterocycles. The summed E-state index contributed by atoms with van der Waals surface area (Å²) in [6.07, 6.45) is -0.126. The molecule has 112 valence electrons. The van der Waals surface area contributed by atoms with Gasteiger partial charge in [-0.2, -0.15) is 0 Å². The third kappa shape index (κ3) is 4.67. The normalized spacial score (nSPS) is 13.1. The van der Waals surface area contributed by atoms with Gasteiger partial charge >= 0.3 is 0 Å². The molecule has 2 aromatic carbocycles. The van der Waals surface area contributed by atoms with Crippen LogP contribution in [0.15, 0.2) is 54.6 Å². The first-order chi connectivity index (χ1) is 9.97. The highest BCUT2D eigenvalue weighted by Crippen LogP contribution is 2.28. The van der Waals surface area contributed by atoms with E-state index in [1.165, 1.54) is 5.56 Å². The number of likely N-dealkylation sites (N-methyl/N-ethyl adjacent to an activating group) is 1. The van der Waals surface area contributed by atoms with Crippen LogP contribution >= 0.6 is 0 Å². The fourth-order valence-electron chi connectivity index (χ4n) is 2.26. The average Bonchev–Trinajstić information content (AvgIpc) is 2.45. The predicted molar refractivity (Wildman–Crippen MR) is 85.8 cm³/mol. The summed E-state index contributed by atoms with van der Waals surface area (Å²) >= 11 is 0. The summed E-state index contributed by atoms with van der Waals surface area (Å²) in [6.45, 7) is 2.96. The summed E-state index contributed by atoms with van der Waals surface area (Å²) in [4.78, 5) is 0. The zero-order chi connectivity index (χ0) is 15.3. The van der Waals surface area contributed by atoms with E-state index in [2.05, 4.69) is 31.2 Å². The monoisotopic (exact) mass is 285 g/mol. The Bertz CT molecular complexity index is 561. The van der Waals surface area contributed by atoms with Gasteiger partial charge in [0.05, 0.1) is 20.7 Å². The Morgan fingerprint density at radius 2 is 1.62 bits per heavy atom. The number of hydroxylamine groups is 3. The first-order valence-electron chi connectivity index (χ1n) is 7.23. The Morgan fingerprint density at radius 3 is 2.24 bits per heavy atom. The fourth-order valence-corrected chi connectivity index (χ4v) is 2.26. The highest BCUT2D eigenvalue weighted by molar-refractivity contribution is 5.35. The molecule has 21 heavy (non-hydrogen) atoms. The van der Waals surface area contributed by atoms with E-state index in [4.69, 9.17) is 4.74 Å². The van der Waals surface area contributed by atoms with Gasteiger partial charge in [-0.3, -0.25) is 0 Å². The van der Waals surface area contributed by atoms with E-state index in [1.54, 1.807) is 14.1 Å². The molecular formula is C18H23NO2. The molecule has 0 N–H and O–H groups in total. The van der Waals surface area contributed by atoms with Crippen molar-refractivity contribution in [2.45, 2.75) is 13.0 Å². The van der Waals surface area contributed by atoms with Crippen LogP contribution in [0.5, 0.6) is 0 Å². The smallest absolute Gasteiger partial charge is 0.108 e. The van der Waals surface area contributed by atoms with Crippen LogP contribution in [0.25, 0.3) is 0 Å². The Hall–Kier alpha value is -1.68. The lowest BCUT2D eigenvalue weighted by molar-refractivity contribution is -0.840. The molecule has 0 aliphatic carbocycles. The van der Waals surface area contributed by atoms with Crippen LogP contribution in [0.1, 0.15) is 22.8 Å². The predicted octanol–water partition coefficient (Wildman–Crippen LogP) is 3.68. The molecule has 0 fully saturated rings. The van der Waals surface area contributed by atoms with Crippen molar-refractivity contribution in [2.75, 3.05) is 27.2 Å². The number of quaternary nitrogens is 1. The van der Waals surface area contributed by atoms with Crippen molar-refractivity contribution in [3.63, 3.8) is 0 Å². The number of aryl methyl sites for hydroxylation is 1. The van der Waals surface area contributed by atoms with Gasteiger partial charge in [-0.25, -0.2) is 0 Å². The Kier molecular flexibility index (Phi) is 5.12. The van der Waals surface area contributed by atoms with Crippen molar-refractivity contribution in [1.29, 1.82) is 0 Å². The lowest BCUT2D eigenvalue weighted by Gasteiger charge is -2.34. The summed E-state index contributed by atoms with van der Waals surface area (Å²) in [5, 5.41) is 11.7. The zero-order valence-electron chi connectivity index (χ0n) is 13.0. The number of benzene rings is 2.